The fourth-order valence-electron chi connectivity index (χ4n) is 2.28. The molecule has 1 unspecified atom stereocenters. The summed E-state index contributed by atoms with van der Waals surface area (Å²) in [7, 11) is 0. The van der Waals surface area contributed by atoms with Gasteiger partial charge in [-0.2, -0.15) is 0 Å². The van der Waals surface area contributed by atoms with Crippen molar-refractivity contribution in [1.29, 1.82) is 0 Å². The van der Waals surface area contributed by atoms with Crippen LogP contribution < -0.4 is 5.32 Å². The van der Waals surface area contributed by atoms with Crippen LogP contribution in [0.4, 0.5) is 0 Å². The predicted octanol–water partition coefficient (Wildman–Crippen LogP) is 3.28. The minimum Gasteiger partial charge on any atom is -0.444 e. The second-order valence-electron chi connectivity index (χ2n) is 5.62. The molecule has 1 aromatic carbocycles. The Hall–Kier alpha value is -2.28. The molecule has 0 aliphatic carbocycles. The number of imidazole rings is 1. The number of aromatic nitrogens is 3. The maximum absolute atomic E-state index is 12.0. The first-order valence-electron chi connectivity index (χ1n) is 7.79. The Morgan fingerprint density at radius 3 is 2.83 bits per heavy atom. The van der Waals surface area contributed by atoms with Gasteiger partial charge in [0.25, 0.3) is 0 Å². The van der Waals surface area contributed by atoms with Gasteiger partial charge in [-0.15, -0.1) is 11.8 Å². The van der Waals surface area contributed by atoms with Gasteiger partial charge in [0.05, 0.1) is 34.3 Å². The number of carbonyl (C=O) groups excluding carboxylic acids is 1. The van der Waals surface area contributed by atoms with Gasteiger partial charge in [0.15, 0.2) is 0 Å². The van der Waals surface area contributed by atoms with Crippen LogP contribution in [0, 0.1) is 13.8 Å². The third-order valence-corrected chi connectivity index (χ3v) is 4.92. The van der Waals surface area contributed by atoms with E-state index in [1.54, 1.807) is 0 Å². The Labute approximate surface area is 144 Å². The van der Waals surface area contributed by atoms with Crippen molar-refractivity contribution in [3.05, 3.63) is 47.4 Å². The topological polar surface area (TPSA) is 83.8 Å². The molecule has 0 aliphatic rings. The third-order valence-electron chi connectivity index (χ3n) is 3.77. The van der Waals surface area contributed by atoms with E-state index in [1.807, 2.05) is 45.0 Å². The zero-order chi connectivity index (χ0) is 17.1. The summed E-state index contributed by atoms with van der Waals surface area (Å²) in [6.45, 7) is 6.09. The summed E-state index contributed by atoms with van der Waals surface area (Å²) in [6.07, 6.45) is 0. The Bertz CT molecular complexity index is 803. The average Bonchev–Trinajstić information content (AvgIpc) is 3.14. The van der Waals surface area contributed by atoms with E-state index in [9.17, 15) is 4.79 Å². The second kappa shape index (κ2) is 7.09. The summed E-state index contributed by atoms with van der Waals surface area (Å²) in [5.74, 6) is 2.52. The molecular weight excluding hydrogens is 324 g/mol. The molecule has 6 nitrogen and oxygen atoms in total. The summed E-state index contributed by atoms with van der Waals surface area (Å²) in [5, 5.41) is 2.93. The lowest BCUT2D eigenvalue weighted by Crippen LogP contribution is -2.25. The van der Waals surface area contributed by atoms with Gasteiger partial charge in [0, 0.05) is 0 Å². The van der Waals surface area contributed by atoms with Crippen molar-refractivity contribution in [3.63, 3.8) is 0 Å². The lowest BCUT2D eigenvalue weighted by molar-refractivity contribution is -0.118. The van der Waals surface area contributed by atoms with Gasteiger partial charge in [0.2, 0.25) is 11.8 Å². The number of rotatable bonds is 6. The van der Waals surface area contributed by atoms with E-state index >= 15 is 0 Å². The lowest BCUT2D eigenvalue weighted by Gasteiger charge is -2.08. The highest BCUT2D eigenvalue weighted by Gasteiger charge is 2.14. The molecule has 2 N–H and O–H groups in total. The molecular formula is C17H20N4O2S. The largest absolute Gasteiger partial charge is 0.444 e. The van der Waals surface area contributed by atoms with E-state index in [0.29, 0.717) is 18.2 Å². The molecule has 2 heterocycles. The van der Waals surface area contributed by atoms with Crippen molar-refractivity contribution in [3.8, 4) is 0 Å². The van der Waals surface area contributed by atoms with Crippen molar-refractivity contribution in [2.24, 2.45) is 0 Å². The van der Waals surface area contributed by atoms with Gasteiger partial charge in [-0.1, -0.05) is 12.1 Å². The van der Waals surface area contributed by atoms with Crippen LogP contribution in [0.2, 0.25) is 0 Å². The molecule has 1 atom stereocenters. The average molecular weight is 344 g/mol. The van der Waals surface area contributed by atoms with E-state index < -0.39 is 0 Å². The number of nitrogens with zero attached hydrogens (tertiary/aromatic N) is 2. The van der Waals surface area contributed by atoms with E-state index in [-0.39, 0.29) is 11.2 Å². The second-order valence-corrected chi connectivity index (χ2v) is 6.95. The molecule has 0 aliphatic heterocycles. The number of para-hydroxylation sites is 2. The molecule has 3 aromatic rings. The van der Waals surface area contributed by atoms with Gasteiger partial charge in [-0.25, -0.2) is 9.97 Å². The number of carbonyl (C=O) groups is 1. The molecule has 0 spiro atoms. The molecule has 3 rings (SSSR count). The molecule has 7 heteroatoms. The van der Waals surface area contributed by atoms with Crippen LogP contribution in [-0.2, 0) is 11.3 Å². The van der Waals surface area contributed by atoms with Crippen molar-refractivity contribution >= 4 is 28.7 Å². The first-order chi connectivity index (χ1) is 11.5. The van der Waals surface area contributed by atoms with Crippen molar-refractivity contribution in [1.82, 2.24) is 20.3 Å². The molecule has 0 fully saturated rings. The quantitative estimate of drug-likeness (QED) is 0.717. The number of H-pyrrole nitrogens is 1. The van der Waals surface area contributed by atoms with E-state index in [0.717, 1.165) is 28.3 Å². The number of aromatic amines is 1. The number of fused-ring (bicyclic) bond motifs is 1. The zero-order valence-electron chi connectivity index (χ0n) is 13.9. The van der Waals surface area contributed by atoms with E-state index in [2.05, 4.69) is 20.3 Å². The highest BCUT2D eigenvalue weighted by molar-refractivity contribution is 8.00. The number of hydrogen-bond donors (Lipinski definition) is 2. The normalized spacial score (nSPS) is 12.5. The number of hydrogen-bond acceptors (Lipinski definition) is 5. The lowest BCUT2D eigenvalue weighted by atomic mass is 10.3. The number of nitrogens with one attached hydrogen (secondary N) is 2. The maximum atomic E-state index is 12.0. The van der Waals surface area contributed by atoms with Crippen molar-refractivity contribution in [2.75, 3.05) is 5.75 Å². The number of oxazole rings is 1. The Balaban J connectivity index is 1.50. The van der Waals surface area contributed by atoms with Crippen LogP contribution in [0.1, 0.15) is 35.3 Å². The summed E-state index contributed by atoms with van der Waals surface area (Å²) < 4.78 is 5.45. The third kappa shape index (κ3) is 3.79. The van der Waals surface area contributed by atoms with Crippen molar-refractivity contribution < 1.29 is 9.21 Å². The number of aryl methyl sites for hydroxylation is 2. The zero-order valence-corrected chi connectivity index (χ0v) is 14.7. The molecule has 1 amide bonds. The van der Waals surface area contributed by atoms with Crippen LogP contribution >= 0.6 is 11.8 Å². The monoisotopic (exact) mass is 344 g/mol. The van der Waals surface area contributed by atoms with E-state index in [4.69, 9.17) is 4.42 Å². The van der Waals surface area contributed by atoms with Crippen LogP contribution in [-0.4, -0.2) is 26.6 Å². The highest BCUT2D eigenvalue weighted by atomic mass is 32.2. The van der Waals surface area contributed by atoms with Gasteiger partial charge in [0.1, 0.15) is 11.6 Å². The molecule has 0 radical (unpaired) electrons. The first kappa shape index (κ1) is 16.6. The Morgan fingerprint density at radius 2 is 2.12 bits per heavy atom. The Morgan fingerprint density at radius 1 is 1.33 bits per heavy atom. The molecule has 2 aromatic heterocycles. The highest BCUT2D eigenvalue weighted by Crippen LogP contribution is 2.27. The predicted molar refractivity (Wildman–Crippen MR) is 94.8 cm³/mol. The molecule has 0 saturated heterocycles. The number of thioether (sulfide) groups is 1. The number of benzene rings is 1. The summed E-state index contributed by atoms with van der Waals surface area (Å²) in [4.78, 5) is 24.1. The molecule has 126 valence electrons. The fourth-order valence-corrected chi connectivity index (χ4v) is 3.06. The van der Waals surface area contributed by atoms with Gasteiger partial charge >= 0.3 is 0 Å². The summed E-state index contributed by atoms with van der Waals surface area (Å²) in [6, 6.07) is 7.90. The van der Waals surface area contributed by atoms with Crippen LogP contribution in [0.5, 0.6) is 0 Å². The van der Waals surface area contributed by atoms with E-state index in [1.165, 1.54) is 11.8 Å². The van der Waals surface area contributed by atoms with Crippen LogP contribution in [0.25, 0.3) is 11.0 Å². The molecule has 0 saturated carbocycles. The molecule has 24 heavy (non-hydrogen) atoms. The SMILES string of the molecule is Cc1nc(CNC(=O)CSC(C)c2nc3ccccc3[nH]2)oc1C. The minimum atomic E-state index is -0.0449. The standard InChI is InChI=1S/C17H20N4O2S/c1-10-11(2)23-16(19-10)8-18-15(22)9-24-12(3)17-20-13-6-4-5-7-14(13)21-17/h4-7,12H,8-9H2,1-3H3,(H,18,22)(H,20,21). The van der Waals surface area contributed by atoms with Crippen molar-refractivity contribution in [2.45, 2.75) is 32.6 Å². The van der Waals surface area contributed by atoms with Crippen LogP contribution in [0.15, 0.2) is 28.7 Å². The minimum absolute atomic E-state index is 0.0449. The summed E-state index contributed by atoms with van der Waals surface area (Å²) >= 11 is 1.54. The number of amides is 1. The van der Waals surface area contributed by atoms with Gasteiger partial charge in [-0.05, 0) is 32.9 Å². The maximum Gasteiger partial charge on any atom is 0.230 e. The van der Waals surface area contributed by atoms with Gasteiger partial charge in [-0.3, -0.25) is 4.79 Å². The van der Waals surface area contributed by atoms with Crippen LogP contribution in [0.3, 0.4) is 0 Å². The smallest absolute Gasteiger partial charge is 0.230 e. The summed E-state index contributed by atoms with van der Waals surface area (Å²) in [5.41, 5.74) is 2.81. The molecule has 0 bridgehead atoms. The Kier molecular flexibility index (Phi) is 4.89. The van der Waals surface area contributed by atoms with Gasteiger partial charge < -0.3 is 14.7 Å². The fraction of sp³-hybridized carbons (Fsp3) is 0.353. The first-order valence-corrected chi connectivity index (χ1v) is 8.83.